The van der Waals surface area contributed by atoms with E-state index in [1.165, 1.54) is 12.1 Å². The second kappa shape index (κ2) is 12.4. The van der Waals surface area contributed by atoms with Crippen LogP contribution >= 0.6 is 22.6 Å². The maximum Gasteiger partial charge on any atom is 0.302 e. The van der Waals surface area contributed by atoms with E-state index in [9.17, 15) is 18.0 Å². The van der Waals surface area contributed by atoms with Crippen LogP contribution in [0.4, 0.5) is 11.6 Å². The number of piperidine rings is 1. The number of aryl methyl sites for hydroxylation is 1. The second-order valence-corrected chi connectivity index (χ2v) is 13.4. The predicted octanol–water partition coefficient (Wildman–Crippen LogP) is 1.19. The molecule has 1 spiro atoms. The molecule has 2 aromatic carbocycles. The van der Waals surface area contributed by atoms with Gasteiger partial charge in [0.1, 0.15) is 9.74 Å². The number of guanidine groups is 1. The summed E-state index contributed by atoms with van der Waals surface area (Å²) < 4.78 is 29.5. The van der Waals surface area contributed by atoms with Crippen molar-refractivity contribution in [3.63, 3.8) is 0 Å². The van der Waals surface area contributed by atoms with E-state index in [4.69, 9.17) is 11.5 Å². The van der Waals surface area contributed by atoms with Crippen molar-refractivity contribution >= 4 is 62.0 Å². The van der Waals surface area contributed by atoms with Gasteiger partial charge < -0.3 is 27.0 Å². The lowest BCUT2D eigenvalue weighted by Crippen LogP contribution is -2.57. The van der Waals surface area contributed by atoms with Gasteiger partial charge in [0.15, 0.2) is 23.3 Å². The number of nitrogens with two attached hydrogens (primary N) is 2. The Morgan fingerprint density at radius 2 is 1.74 bits per heavy atom. The minimum Gasteiger partial charge on any atom is -0.382 e. The number of carbonyl (C=O) groups excluding carboxylic acids is 2. The van der Waals surface area contributed by atoms with Gasteiger partial charge in [-0.15, -0.1) is 0 Å². The topological polar surface area (TPSA) is 198 Å². The maximum absolute atomic E-state index is 13.8. The first-order valence-corrected chi connectivity index (χ1v) is 16.2. The Hall–Kier alpha value is -3.83. The van der Waals surface area contributed by atoms with Crippen molar-refractivity contribution in [2.45, 2.75) is 42.7 Å². The molecule has 2 amide bonds. The smallest absolute Gasteiger partial charge is 0.302 e. The van der Waals surface area contributed by atoms with Gasteiger partial charge >= 0.3 is 5.91 Å². The first-order chi connectivity index (χ1) is 20.4. The van der Waals surface area contributed by atoms with Gasteiger partial charge in [-0.05, 0) is 66.5 Å². The van der Waals surface area contributed by atoms with Crippen molar-refractivity contribution in [3.05, 3.63) is 75.1 Å². The summed E-state index contributed by atoms with van der Waals surface area (Å²) in [7, 11) is -3.95. The van der Waals surface area contributed by atoms with Crippen LogP contribution in [0, 0.1) is 10.6 Å². The van der Waals surface area contributed by atoms with Crippen molar-refractivity contribution in [2.75, 3.05) is 31.1 Å². The molecule has 3 heterocycles. The molecular weight excluding hydrogens is 685 g/mol. The van der Waals surface area contributed by atoms with Crippen molar-refractivity contribution < 1.29 is 18.0 Å². The van der Waals surface area contributed by atoms with E-state index in [-0.39, 0.29) is 40.5 Å². The normalized spacial score (nSPS) is 17.8. The zero-order valence-corrected chi connectivity index (χ0v) is 26.4. The molecule has 3 aromatic rings. The zero-order chi connectivity index (χ0) is 30.8. The molecule has 1 atom stereocenters. The third-order valence-electron chi connectivity index (χ3n) is 7.54. The SMILES string of the molecule is Cc1ccc(S(=O)(=O)N[C@@H](Cc2ccccc2)C(=O)N2CCC3(CC2)CN/C(=N\C(=O)c2nc(I)c(N)nc2N)N3)cc1. The Bertz CT molecular complexity index is 1660. The van der Waals surface area contributed by atoms with Crippen LogP contribution in [0.3, 0.4) is 0 Å². The van der Waals surface area contributed by atoms with Crippen molar-refractivity contribution in [2.24, 2.45) is 4.99 Å². The van der Waals surface area contributed by atoms with Gasteiger partial charge in [0.05, 0.1) is 10.4 Å². The molecule has 0 unspecified atom stereocenters. The quantitative estimate of drug-likeness (QED) is 0.222. The number of hydrogen-bond donors (Lipinski definition) is 5. The minimum atomic E-state index is -3.95. The molecule has 0 aliphatic carbocycles. The number of nitrogens with zero attached hydrogens (tertiary/aromatic N) is 4. The van der Waals surface area contributed by atoms with Gasteiger partial charge in [-0.3, -0.25) is 9.59 Å². The summed E-state index contributed by atoms with van der Waals surface area (Å²) in [5, 5.41) is 6.42. The molecule has 2 aliphatic rings. The van der Waals surface area contributed by atoms with Crippen LogP contribution in [-0.4, -0.2) is 72.3 Å². The highest BCUT2D eigenvalue weighted by atomic mass is 127. The van der Waals surface area contributed by atoms with E-state index in [1.54, 1.807) is 17.0 Å². The minimum absolute atomic E-state index is 0.0892. The standard InChI is InChI=1S/C28H32IN9O4S/c1-17-7-9-19(10-8-17)43(41,42)37-20(15-18-5-3-2-4-6-18)26(40)38-13-11-28(12-14-38)16-32-27(36-28)35-25(39)21-23(30)34-24(31)22(29)33-21/h2-10,20,37H,11-16H2,1H3,(H4,30,31,34)(H2,32,35,36,39)/t20-/m0/s1. The predicted molar refractivity (Wildman–Crippen MR) is 170 cm³/mol. The third kappa shape index (κ3) is 7.05. The fraction of sp³-hybridized carbons (Fsp3) is 0.321. The van der Waals surface area contributed by atoms with E-state index in [1.807, 2.05) is 59.8 Å². The number of hydrogen-bond acceptors (Lipinski definition) is 8. The third-order valence-corrected chi connectivity index (χ3v) is 9.82. The number of amides is 2. The Kier molecular flexibility index (Phi) is 8.84. The summed E-state index contributed by atoms with van der Waals surface area (Å²) in [5.74, 6) is -0.641. The van der Waals surface area contributed by atoms with Crippen LogP contribution < -0.4 is 26.8 Å². The Labute approximate surface area is 263 Å². The van der Waals surface area contributed by atoms with E-state index in [0.29, 0.717) is 36.2 Å². The summed E-state index contributed by atoms with van der Waals surface area (Å²) in [6.45, 7) is 3.15. The fourth-order valence-corrected chi connectivity index (χ4v) is 6.64. The number of anilines is 2. The number of aliphatic imine (C=N–C) groups is 1. The van der Waals surface area contributed by atoms with Crippen molar-refractivity contribution in [3.8, 4) is 0 Å². The van der Waals surface area contributed by atoms with Gasteiger partial charge in [-0.1, -0.05) is 48.0 Å². The highest BCUT2D eigenvalue weighted by molar-refractivity contribution is 14.1. The van der Waals surface area contributed by atoms with Crippen LogP contribution in [0.1, 0.15) is 34.5 Å². The van der Waals surface area contributed by atoms with E-state index in [0.717, 1.165) is 11.1 Å². The lowest BCUT2D eigenvalue weighted by molar-refractivity contribution is -0.134. The largest absolute Gasteiger partial charge is 0.382 e. The average molecular weight is 718 g/mol. The Morgan fingerprint density at radius 1 is 1.07 bits per heavy atom. The number of nitrogen functional groups attached to an aromatic ring is 2. The number of halogens is 1. The van der Waals surface area contributed by atoms with Gasteiger partial charge in [0, 0.05) is 19.6 Å². The number of carbonyl (C=O) groups is 2. The Balaban J connectivity index is 1.27. The van der Waals surface area contributed by atoms with Crippen molar-refractivity contribution in [1.82, 2.24) is 30.2 Å². The molecule has 2 saturated heterocycles. The first kappa shape index (κ1) is 30.6. The van der Waals surface area contributed by atoms with Crippen LogP contribution in [-0.2, 0) is 21.2 Å². The Morgan fingerprint density at radius 3 is 2.42 bits per heavy atom. The first-order valence-electron chi connectivity index (χ1n) is 13.6. The molecule has 13 nitrogen and oxygen atoms in total. The van der Waals surface area contributed by atoms with Crippen LogP contribution in [0.5, 0.6) is 0 Å². The van der Waals surface area contributed by atoms with Gasteiger partial charge in [-0.2, -0.15) is 9.71 Å². The second-order valence-electron chi connectivity index (χ2n) is 10.7. The monoisotopic (exact) mass is 717 g/mol. The highest BCUT2D eigenvalue weighted by Crippen LogP contribution is 2.26. The molecule has 43 heavy (non-hydrogen) atoms. The number of rotatable bonds is 7. The average Bonchev–Trinajstić information content (AvgIpc) is 3.36. The van der Waals surface area contributed by atoms with E-state index >= 15 is 0 Å². The molecule has 2 aliphatic heterocycles. The molecule has 7 N–H and O–H groups in total. The van der Waals surface area contributed by atoms with Gasteiger partial charge in [-0.25, -0.2) is 18.4 Å². The molecule has 0 radical (unpaired) electrons. The van der Waals surface area contributed by atoms with Crippen LogP contribution in [0.15, 0.2) is 64.5 Å². The summed E-state index contributed by atoms with van der Waals surface area (Å²) >= 11 is 1.87. The number of benzene rings is 2. The molecule has 0 saturated carbocycles. The number of nitrogens with one attached hydrogen (secondary N) is 3. The molecule has 1 aromatic heterocycles. The maximum atomic E-state index is 13.8. The number of aromatic nitrogens is 2. The van der Waals surface area contributed by atoms with Crippen LogP contribution in [0.25, 0.3) is 0 Å². The molecule has 0 bridgehead atoms. The van der Waals surface area contributed by atoms with Crippen molar-refractivity contribution in [1.29, 1.82) is 0 Å². The lowest BCUT2D eigenvalue weighted by Gasteiger charge is -2.39. The summed E-state index contributed by atoms with van der Waals surface area (Å²) in [6.07, 6.45) is 1.33. The van der Waals surface area contributed by atoms with Gasteiger partial charge in [0.2, 0.25) is 15.9 Å². The fourth-order valence-electron chi connectivity index (χ4n) is 5.09. The van der Waals surface area contributed by atoms with E-state index in [2.05, 4.69) is 30.3 Å². The van der Waals surface area contributed by atoms with Gasteiger partial charge in [0.25, 0.3) is 0 Å². The molecule has 226 valence electrons. The summed E-state index contributed by atoms with van der Waals surface area (Å²) in [6, 6.07) is 14.8. The summed E-state index contributed by atoms with van der Waals surface area (Å²) in [5.41, 5.74) is 12.8. The summed E-state index contributed by atoms with van der Waals surface area (Å²) in [4.78, 5) is 40.5. The zero-order valence-electron chi connectivity index (χ0n) is 23.4. The highest BCUT2D eigenvalue weighted by Gasteiger charge is 2.42. The van der Waals surface area contributed by atoms with E-state index < -0.39 is 27.5 Å². The molecular formula is C28H32IN9O4S. The van der Waals surface area contributed by atoms with Crippen LogP contribution in [0.2, 0.25) is 0 Å². The molecule has 5 rings (SSSR count). The number of sulfonamides is 1. The molecule has 15 heteroatoms. The lowest BCUT2D eigenvalue weighted by atomic mass is 9.88. The number of likely N-dealkylation sites (tertiary alicyclic amines) is 1. The molecule has 2 fully saturated rings.